The first-order valence-corrected chi connectivity index (χ1v) is 7.08. The molecule has 0 aliphatic heterocycles. The van der Waals surface area contributed by atoms with Crippen LogP contribution in [0.1, 0.15) is 16.2 Å². The summed E-state index contributed by atoms with van der Waals surface area (Å²) in [6.45, 7) is 1.70. The molecule has 0 aliphatic carbocycles. The highest BCUT2D eigenvalue weighted by molar-refractivity contribution is 6.34. The Balaban J connectivity index is 1.79. The van der Waals surface area contributed by atoms with Crippen molar-refractivity contribution in [2.75, 3.05) is 5.32 Å². The Labute approximate surface area is 136 Å². The normalized spacial score (nSPS) is 10.6. The Morgan fingerprint density at radius 1 is 1.17 bits per heavy atom. The molecule has 5 nitrogen and oxygen atoms in total. The highest BCUT2D eigenvalue weighted by atomic mass is 35.5. The average Bonchev–Trinajstić information content (AvgIpc) is 2.94. The van der Waals surface area contributed by atoms with E-state index in [2.05, 4.69) is 15.5 Å². The van der Waals surface area contributed by atoms with E-state index < -0.39 is 11.7 Å². The quantitative estimate of drug-likeness (QED) is 0.785. The molecular weight excluding hydrogens is 321 g/mol. The Kier molecular flexibility index (Phi) is 4.08. The van der Waals surface area contributed by atoms with Crippen molar-refractivity contribution >= 4 is 23.2 Å². The van der Waals surface area contributed by atoms with Crippen LogP contribution in [0.25, 0.3) is 11.5 Å². The van der Waals surface area contributed by atoms with Crippen molar-refractivity contribution < 1.29 is 13.6 Å². The van der Waals surface area contributed by atoms with Gasteiger partial charge in [0.25, 0.3) is 5.91 Å². The molecule has 23 heavy (non-hydrogen) atoms. The summed E-state index contributed by atoms with van der Waals surface area (Å²) in [5.74, 6) is -0.438. The summed E-state index contributed by atoms with van der Waals surface area (Å²) in [5.41, 5.74) is 1.02. The Morgan fingerprint density at radius 3 is 2.52 bits per heavy atom. The van der Waals surface area contributed by atoms with Crippen LogP contribution >= 0.6 is 11.6 Å². The molecule has 0 aliphatic rings. The van der Waals surface area contributed by atoms with Crippen LogP contribution < -0.4 is 5.32 Å². The maximum absolute atomic E-state index is 13.7. The SMILES string of the molecule is Cc1nnc(-c2ccc(NC(=O)c3c(F)cccc3Cl)cc2)o1. The molecule has 116 valence electrons. The van der Waals surface area contributed by atoms with Crippen LogP contribution in [0.3, 0.4) is 0 Å². The van der Waals surface area contributed by atoms with Gasteiger partial charge in [0.2, 0.25) is 11.8 Å². The first-order valence-electron chi connectivity index (χ1n) is 6.70. The zero-order valence-electron chi connectivity index (χ0n) is 12.0. The number of benzene rings is 2. The van der Waals surface area contributed by atoms with E-state index in [1.54, 1.807) is 31.2 Å². The first-order chi connectivity index (χ1) is 11.0. The van der Waals surface area contributed by atoms with Gasteiger partial charge in [-0.1, -0.05) is 17.7 Å². The Hall–Kier alpha value is -2.73. The maximum Gasteiger partial charge on any atom is 0.260 e. The summed E-state index contributed by atoms with van der Waals surface area (Å²) in [6, 6.07) is 10.8. The number of rotatable bonds is 3. The third-order valence-electron chi connectivity index (χ3n) is 3.11. The van der Waals surface area contributed by atoms with E-state index in [1.807, 2.05) is 0 Å². The van der Waals surface area contributed by atoms with E-state index in [9.17, 15) is 9.18 Å². The number of amides is 1. The van der Waals surface area contributed by atoms with E-state index in [-0.39, 0.29) is 10.6 Å². The highest BCUT2D eigenvalue weighted by Gasteiger charge is 2.16. The highest BCUT2D eigenvalue weighted by Crippen LogP contribution is 2.23. The van der Waals surface area contributed by atoms with Crippen molar-refractivity contribution in [3.8, 4) is 11.5 Å². The molecule has 0 atom stereocenters. The van der Waals surface area contributed by atoms with Crippen molar-refractivity contribution in [1.29, 1.82) is 0 Å². The summed E-state index contributed by atoms with van der Waals surface area (Å²) in [4.78, 5) is 12.1. The zero-order valence-corrected chi connectivity index (χ0v) is 12.8. The zero-order chi connectivity index (χ0) is 16.4. The van der Waals surface area contributed by atoms with Crippen LogP contribution in [-0.2, 0) is 0 Å². The topological polar surface area (TPSA) is 68.0 Å². The molecule has 0 bridgehead atoms. The molecule has 1 N–H and O–H groups in total. The largest absolute Gasteiger partial charge is 0.421 e. The summed E-state index contributed by atoms with van der Waals surface area (Å²) >= 11 is 5.87. The lowest BCUT2D eigenvalue weighted by Gasteiger charge is -2.08. The molecule has 0 fully saturated rings. The molecule has 3 rings (SSSR count). The lowest BCUT2D eigenvalue weighted by atomic mass is 10.1. The average molecular weight is 332 g/mol. The van der Waals surface area contributed by atoms with Crippen molar-refractivity contribution in [1.82, 2.24) is 10.2 Å². The lowest BCUT2D eigenvalue weighted by Crippen LogP contribution is -2.14. The monoisotopic (exact) mass is 331 g/mol. The number of nitrogens with one attached hydrogen (secondary N) is 1. The van der Waals surface area contributed by atoms with E-state index in [4.69, 9.17) is 16.0 Å². The van der Waals surface area contributed by atoms with Gasteiger partial charge in [-0.15, -0.1) is 10.2 Å². The predicted molar refractivity (Wildman–Crippen MR) is 83.8 cm³/mol. The molecule has 0 unspecified atom stereocenters. The van der Waals surface area contributed by atoms with Gasteiger partial charge in [-0.2, -0.15) is 0 Å². The van der Waals surface area contributed by atoms with Crippen LogP contribution in [0.2, 0.25) is 5.02 Å². The van der Waals surface area contributed by atoms with Gasteiger partial charge in [0.05, 0.1) is 10.6 Å². The van der Waals surface area contributed by atoms with Crippen molar-refractivity contribution in [3.63, 3.8) is 0 Å². The van der Waals surface area contributed by atoms with Gasteiger partial charge in [0, 0.05) is 18.2 Å². The summed E-state index contributed by atoms with van der Waals surface area (Å²) in [7, 11) is 0. The number of aryl methyl sites for hydroxylation is 1. The van der Waals surface area contributed by atoms with Crippen molar-refractivity contribution in [2.45, 2.75) is 6.92 Å². The summed E-state index contributed by atoms with van der Waals surface area (Å²) in [6.07, 6.45) is 0. The van der Waals surface area contributed by atoms with Crippen LogP contribution in [0.15, 0.2) is 46.9 Å². The Bertz CT molecular complexity index is 842. The fourth-order valence-corrected chi connectivity index (χ4v) is 2.27. The van der Waals surface area contributed by atoms with E-state index in [1.165, 1.54) is 18.2 Å². The number of nitrogens with zero attached hydrogens (tertiary/aromatic N) is 2. The number of carbonyl (C=O) groups excluding carboxylic acids is 1. The van der Waals surface area contributed by atoms with Gasteiger partial charge < -0.3 is 9.73 Å². The summed E-state index contributed by atoms with van der Waals surface area (Å²) in [5, 5.41) is 10.3. The van der Waals surface area contributed by atoms with E-state index >= 15 is 0 Å². The van der Waals surface area contributed by atoms with Gasteiger partial charge >= 0.3 is 0 Å². The smallest absolute Gasteiger partial charge is 0.260 e. The van der Waals surface area contributed by atoms with Crippen LogP contribution in [0, 0.1) is 12.7 Å². The fourth-order valence-electron chi connectivity index (χ4n) is 2.02. The third-order valence-corrected chi connectivity index (χ3v) is 3.42. The molecule has 0 saturated carbocycles. The minimum atomic E-state index is -0.673. The maximum atomic E-state index is 13.7. The van der Waals surface area contributed by atoms with E-state index in [0.717, 1.165) is 0 Å². The third kappa shape index (κ3) is 3.22. The minimum Gasteiger partial charge on any atom is -0.421 e. The second kappa shape index (κ2) is 6.18. The van der Waals surface area contributed by atoms with Gasteiger partial charge in [0.1, 0.15) is 5.82 Å². The van der Waals surface area contributed by atoms with E-state index in [0.29, 0.717) is 23.0 Å². The van der Waals surface area contributed by atoms with Gasteiger partial charge in [-0.3, -0.25) is 4.79 Å². The molecular formula is C16H11ClFN3O2. The predicted octanol–water partition coefficient (Wildman–Crippen LogP) is 4.09. The summed E-state index contributed by atoms with van der Waals surface area (Å²) < 4.78 is 19.0. The molecule has 7 heteroatoms. The molecule has 0 saturated heterocycles. The van der Waals surface area contributed by atoms with Crippen LogP contribution in [0.5, 0.6) is 0 Å². The minimum absolute atomic E-state index is 0.0560. The molecule has 0 spiro atoms. The number of hydrogen-bond donors (Lipinski definition) is 1. The first kappa shape index (κ1) is 15.2. The molecule has 2 aromatic carbocycles. The Morgan fingerprint density at radius 2 is 1.91 bits per heavy atom. The molecule has 1 heterocycles. The lowest BCUT2D eigenvalue weighted by molar-refractivity contribution is 0.102. The second-order valence-corrected chi connectivity index (χ2v) is 5.16. The van der Waals surface area contributed by atoms with Crippen LogP contribution in [0.4, 0.5) is 10.1 Å². The van der Waals surface area contributed by atoms with Crippen LogP contribution in [-0.4, -0.2) is 16.1 Å². The van der Waals surface area contributed by atoms with Gasteiger partial charge in [-0.25, -0.2) is 4.39 Å². The van der Waals surface area contributed by atoms with Crippen molar-refractivity contribution in [3.05, 3.63) is 64.8 Å². The molecule has 0 radical (unpaired) electrons. The van der Waals surface area contributed by atoms with Gasteiger partial charge in [0.15, 0.2) is 0 Å². The standard InChI is InChI=1S/C16H11ClFN3O2/c1-9-20-21-16(23-9)10-5-7-11(8-6-10)19-15(22)14-12(17)3-2-4-13(14)18/h2-8H,1H3,(H,19,22). The fraction of sp³-hybridized carbons (Fsp3) is 0.0625. The number of hydrogen-bond acceptors (Lipinski definition) is 4. The van der Waals surface area contributed by atoms with Crippen molar-refractivity contribution in [2.24, 2.45) is 0 Å². The molecule has 3 aromatic rings. The number of halogens is 2. The molecule has 1 aromatic heterocycles. The number of aromatic nitrogens is 2. The number of anilines is 1. The molecule has 1 amide bonds. The number of carbonyl (C=O) groups is 1. The second-order valence-electron chi connectivity index (χ2n) is 4.75. The van der Waals surface area contributed by atoms with Gasteiger partial charge in [-0.05, 0) is 36.4 Å².